The summed E-state index contributed by atoms with van der Waals surface area (Å²) in [4.78, 5) is 2.52. The molecule has 0 amide bonds. The summed E-state index contributed by atoms with van der Waals surface area (Å²) in [6, 6.07) is 0. The second-order valence-corrected chi connectivity index (χ2v) is 3.99. The van der Waals surface area contributed by atoms with Gasteiger partial charge in [-0.3, -0.25) is 0 Å². The van der Waals surface area contributed by atoms with Gasteiger partial charge in [-0.05, 0) is 51.1 Å². The van der Waals surface area contributed by atoms with E-state index in [0.29, 0.717) is 5.11 Å². The predicted octanol–water partition coefficient (Wildman–Crippen LogP) is 0.696. The Morgan fingerprint density at radius 2 is 2.00 bits per heavy atom. The molecule has 3 N–H and O–H groups in total. The monoisotopic (exact) mass is 201 g/mol. The molecule has 0 spiro atoms. The van der Waals surface area contributed by atoms with Crippen LogP contribution in [0, 0.1) is 0 Å². The van der Waals surface area contributed by atoms with Crippen molar-refractivity contribution < 1.29 is 0 Å². The van der Waals surface area contributed by atoms with Crippen molar-refractivity contribution in [3.05, 3.63) is 0 Å². The molecule has 0 unspecified atom stereocenters. The van der Waals surface area contributed by atoms with Gasteiger partial charge in [0.15, 0.2) is 5.11 Å². The van der Waals surface area contributed by atoms with Crippen molar-refractivity contribution >= 4 is 17.3 Å². The van der Waals surface area contributed by atoms with Crippen molar-refractivity contribution in [3.63, 3.8) is 0 Å². The van der Waals surface area contributed by atoms with Gasteiger partial charge in [-0.25, -0.2) is 0 Å². The Morgan fingerprint density at radius 1 is 1.31 bits per heavy atom. The first-order chi connectivity index (χ1) is 6.29. The zero-order valence-corrected chi connectivity index (χ0v) is 8.91. The molecule has 4 heteroatoms. The van der Waals surface area contributed by atoms with Gasteiger partial charge in [0.2, 0.25) is 0 Å². The fourth-order valence-electron chi connectivity index (χ4n) is 1.70. The Hall–Kier alpha value is -0.350. The van der Waals surface area contributed by atoms with E-state index in [-0.39, 0.29) is 0 Å². The maximum atomic E-state index is 5.32. The second kappa shape index (κ2) is 6.16. The predicted molar refractivity (Wildman–Crippen MR) is 59.7 cm³/mol. The number of rotatable bonds is 4. The molecule has 1 heterocycles. The van der Waals surface area contributed by atoms with Crippen molar-refractivity contribution in [3.8, 4) is 0 Å². The first kappa shape index (κ1) is 10.7. The van der Waals surface area contributed by atoms with Gasteiger partial charge >= 0.3 is 0 Å². The molecular weight excluding hydrogens is 182 g/mol. The van der Waals surface area contributed by atoms with Crippen LogP contribution in [0.25, 0.3) is 0 Å². The summed E-state index contributed by atoms with van der Waals surface area (Å²) in [5.41, 5.74) is 5.32. The zero-order valence-electron chi connectivity index (χ0n) is 8.09. The molecule has 76 valence electrons. The molecule has 1 aliphatic rings. The summed E-state index contributed by atoms with van der Waals surface area (Å²) in [6.07, 6.45) is 5.27. The molecule has 1 aliphatic heterocycles. The highest BCUT2D eigenvalue weighted by Gasteiger charge is 2.08. The minimum absolute atomic E-state index is 0.415. The molecule has 1 fully saturated rings. The quantitative estimate of drug-likeness (QED) is 0.519. The summed E-state index contributed by atoms with van der Waals surface area (Å²) < 4.78 is 0. The van der Waals surface area contributed by atoms with E-state index in [1.54, 1.807) is 0 Å². The van der Waals surface area contributed by atoms with Crippen LogP contribution in [-0.4, -0.2) is 36.2 Å². The van der Waals surface area contributed by atoms with E-state index in [0.717, 1.165) is 13.0 Å². The molecule has 0 saturated carbocycles. The highest BCUT2D eigenvalue weighted by atomic mass is 32.1. The fraction of sp³-hybridized carbons (Fsp3) is 0.889. The minimum Gasteiger partial charge on any atom is -0.376 e. The SMILES string of the molecule is NC(=S)NCCCN1CCCCC1. The van der Waals surface area contributed by atoms with Crippen molar-refractivity contribution in [1.82, 2.24) is 10.2 Å². The second-order valence-electron chi connectivity index (χ2n) is 3.55. The van der Waals surface area contributed by atoms with Crippen LogP contribution in [0.5, 0.6) is 0 Å². The molecule has 0 aromatic rings. The Morgan fingerprint density at radius 3 is 2.62 bits per heavy atom. The molecule has 1 rings (SSSR count). The first-order valence-corrected chi connectivity index (χ1v) is 5.45. The third-order valence-electron chi connectivity index (χ3n) is 2.40. The van der Waals surface area contributed by atoms with E-state index in [1.807, 2.05) is 0 Å². The van der Waals surface area contributed by atoms with Gasteiger partial charge < -0.3 is 16.0 Å². The van der Waals surface area contributed by atoms with Gasteiger partial charge in [0.25, 0.3) is 0 Å². The lowest BCUT2D eigenvalue weighted by atomic mass is 10.1. The number of likely N-dealkylation sites (tertiary alicyclic amines) is 1. The van der Waals surface area contributed by atoms with Crippen LogP contribution in [0.15, 0.2) is 0 Å². The summed E-state index contributed by atoms with van der Waals surface area (Å²) in [7, 11) is 0. The average Bonchev–Trinajstić information content (AvgIpc) is 2.14. The lowest BCUT2D eigenvalue weighted by Gasteiger charge is -2.26. The van der Waals surface area contributed by atoms with E-state index in [9.17, 15) is 0 Å². The van der Waals surface area contributed by atoms with Crippen LogP contribution in [0.4, 0.5) is 0 Å². The number of thiocarbonyl (C=S) groups is 1. The van der Waals surface area contributed by atoms with Gasteiger partial charge in [0, 0.05) is 6.54 Å². The molecule has 13 heavy (non-hydrogen) atoms. The molecule has 3 nitrogen and oxygen atoms in total. The number of nitrogens with two attached hydrogens (primary N) is 1. The summed E-state index contributed by atoms with van der Waals surface area (Å²) >= 11 is 4.72. The Kier molecular flexibility index (Phi) is 5.08. The van der Waals surface area contributed by atoms with Gasteiger partial charge in [-0.1, -0.05) is 6.42 Å². The summed E-state index contributed by atoms with van der Waals surface area (Å²) in [6.45, 7) is 4.63. The number of nitrogens with zero attached hydrogens (tertiary/aromatic N) is 1. The molecule has 0 aliphatic carbocycles. The van der Waals surface area contributed by atoms with Gasteiger partial charge in [0.1, 0.15) is 0 Å². The van der Waals surface area contributed by atoms with E-state index < -0.39 is 0 Å². The summed E-state index contributed by atoms with van der Waals surface area (Å²) in [5, 5.41) is 3.38. The third-order valence-corrected chi connectivity index (χ3v) is 2.54. The van der Waals surface area contributed by atoms with Crippen LogP contribution in [0.1, 0.15) is 25.7 Å². The van der Waals surface area contributed by atoms with Crippen LogP contribution in [-0.2, 0) is 0 Å². The molecule has 0 atom stereocenters. The number of nitrogens with one attached hydrogen (secondary N) is 1. The highest BCUT2D eigenvalue weighted by Crippen LogP contribution is 2.08. The standard InChI is InChI=1S/C9H19N3S/c10-9(13)11-5-4-8-12-6-2-1-3-7-12/h1-8H2,(H3,10,11,13). The molecule has 1 saturated heterocycles. The maximum Gasteiger partial charge on any atom is 0.163 e. The molecule has 0 bridgehead atoms. The average molecular weight is 201 g/mol. The largest absolute Gasteiger partial charge is 0.376 e. The molecule has 0 aromatic heterocycles. The van der Waals surface area contributed by atoms with Crippen LogP contribution in [0.3, 0.4) is 0 Å². The number of piperidine rings is 1. The fourth-order valence-corrected chi connectivity index (χ4v) is 1.80. The number of hydrogen-bond donors (Lipinski definition) is 2. The van der Waals surface area contributed by atoms with E-state index in [2.05, 4.69) is 10.2 Å². The van der Waals surface area contributed by atoms with E-state index >= 15 is 0 Å². The van der Waals surface area contributed by atoms with Crippen LogP contribution >= 0.6 is 12.2 Å². The zero-order chi connectivity index (χ0) is 9.52. The lowest BCUT2D eigenvalue weighted by molar-refractivity contribution is 0.227. The Labute approximate surface area is 85.7 Å². The molecule has 0 aromatic carbocycles. The van der Waals surface area contributed by atoms with E-state index in [4.69, 9.17) is 18.0 Å². The normalized spacial score (nSPS) is 18.5. The molecular formula is C9H19N3S. The Balaban J connectivity index is 1.95. The molecule has 0 radical (unpaired) electrons. The van der Waals surface area contributed by atoms with Gasteiger partial charge in [-0.2, -0.15) is 0 Å². The van der Waals surface area contributed by atoms with E-state index in [1.165, 1.54) is 38.9 Å². The maximum absolute atomic E-state index is 5.32. The lowest BCUT2D eigenvalue weighted by Crippen LogP contribution is -2.34. The third kappa shape index (κ3) is 5.05. The van der Waals surface area contributed by atoms with Crippen LogP contribution in [0.2, 0.25) is 0 Å². The van der Waals surface area contributed by atoms with Crippen molar-refractivity contribution in [2.75, 3.05) is 26.2 Å². The first-order valence-electron chi connectivity index (χ1n) is 5.05. The number of hydrogen-bond acceptors (Lipinski definition) is 2. The van der Waals surface area contributed by atoms with Crippen molar-refractivity contribution in [1.29, 1.82) is 0 Å². The smallest absolute Gasteiger partial charge is 0.163 e. The summed E-state index contributed by atoms with van der Waals surface area (Å²) in [5.74, 6) is 0. The van der Waals surface area contributed by atoms with Gasteiger partial charge in [0.05, 0.1) is 0 Å². The minimum atomic E-state index is 0.415. The van der Waals surface area contributed by atoms with Gasteiger partial charge in [-0.15, -0.1) is 0 Å². The van der Waals surface area contributed by atoms with Crippen LogP contribution < -0.4 is 11.1 Å². The van der Waals surface area contributed by atoms with Crippen molar-refractivity contribution in [2.45, 2.75) is 25.7 Å². The Bertz CT molecular complexity index is 155. The topological polar surface area (TPSA) is 41.3 Å². The highest BCUT2D eigenvalue weighted by molar-refractivity contribution is 7.80. The van der Waals surface area contributed by atoms with Crippen molar-refractivity contribution in [2.24, 2.45) is 5.73 Å².